The Hall–Kier alpha value is -2.19. The van der Waals surface area contributed by atoms with Gasteiger partial charge < -0.3 is 0 Å². The van der Waals surface area contributed by atoms with Gasteiger partial charge in [0.1, 0.15) is 5.69 Å². The van der Waals surface area contributed by atoms with Crippen LogP contribution in [0, 0.1) is 5.92 Å². The van der Waals surface area contributed by atoms with Crippen LogP contribution < -0.4 is 5.32 Å². The minimum atomic E-state index is -0.239. The molecule has 0 aromatic carbocycles. The number of aromatic nitrogens is 4. The van der Waals surface area contributed by atoms with Crippen molar-refractivity contribution in [2.24, 2.45) is 5.92 Å². The first kappa shape index (κ1) is 16.3. The molecule has 0 bridgehead atoms. The summed E-state index contributed by atoms with van der Waals surface area (Å²) >= 11 is 2.95. The molecule has 0 fully saturated rings. The van der Waals surface area contributed by atoms with E-state index >= 15 is 0 Å². The highest BCUT2D eigenvalue weighted by Crippen LogP contribution is 2.33. The van der Waals surface area contributed by atoms with E-state index in [0.29, 0.717) is 21.7 Å². The van der Waals surface area contributed by atoms with Crippen molar-refractivity contribution < 1.29 is 4.79 Å². The lowest BCUT2D eigenvalue weighted by molar-refractivity contribution is 0.102. The highest BCUT2D eigenvalue weighted by molar-refractivity contribution is 7.16. The Labute approximate surface area is 153 Å². The lowest BCUT2D eigenvalue weighted by Gasteiger charge is -2.18. The smallest absolute Gasteiger partial charge is 0.276 e. The van der Waals surface area contributed by atoms with Gasteiger partial charge in [0.05, 0.1) is 5.69 Å². The summed E-state index contributed by atoms with van der Waals surface area (Å²) in [6, 6.07) is 1.75. The summed E-state index contributed by atoms with van der Waals surface area (Å²) in [5.74, 6) is 1.03. The van der Waals surface area contributed by atoms with Crippen LogP contribution >= 0.6 is 22.7 Å². The highest BCUT2D eigenvalue weighted by Gasteiger charge is 2.22. The second kappa shape index (κ2) is 6.97. The Morgan fingerprint density at radius 1 is 1.32 bits per heavy atom. The minimum absolute atomic E-state index is 0.239. The molecule has 1 amide bonds. The van der Waals surface area contributed by atoms with Gasteiger partial charge in [-0.25, -0.2) is 19.9 Å². The summed E-state index contributed by atoms with van der Waals surface area (Å²) in [5, 5.41) is 5.91. The van der Waals surface area contributed by atoms with E-state index in [4.69, 9.17) is 0 Å². The molecule has 3 aromatic heterocycles. The van der Waals surface area contributed by atoms with Gasteiger partial charge in [0, 0.05) is 22.7 Å². The maximum absolute atomic E-state index is 12.5. The van der Waals surface area contributed by atoms with E-state index in [2.05, 4.69) is 32.2 Å². The predicted molar refractivity (Wildman–Crippen MR) is 99.0 cm³/mol. The summed E-state index contributed by atoms with van der Waals surface area (Å²) < 4.78 is 0. The van der Waals surface area contributed by atoms with Crippen molar-refractivity contribution in [3.63, 3.8) is 0 Å². The second-order valence-electron chi connectivity index (χ2n) is 5.97. The lowest BCUT2D eigenvalue weighted by Crippen LogP contribution is -2.13. The van der Waals surface area contributed by atoms with E-state index in [-0.39, 0.29) is 5.91 Å². The number of rotatable bonds is 4. The van der Waals surface area contributed by atoms with Gasteiger partial charge in [-0.2, -0.15) is 0 Å². The van der Waals surface area contributed by atoms with Crippen LogP contribution in [0.2, 0.25) is 0 Å². The maximum atomic E-state index is 12.5. The van der Waals surface area contributed by atoms with E-state index in [1.165, 1.54) is 29.1 Å². The molecule has 1 aliphatic carbocycles. The monoisotopic (exact) mass is 371 g/mol. The van der Waals surface area contributed by atoms with Gasteiger partial charge in [0.15, 0.2) is 16.0 Å². The van der Waals surface area contributed by atoms with Crippen molar-refractivity contribution in [1.29, 1.82) is 0 Å². The van der Waals surface area contributed by atoms with Crippen molar-refractivity contribution in [1.82, 2.24) is 19.9 Å². The molecular formula is C17H17N5OS2. The second-order valence-corrected chi connectivity index (χ2v) is 7.91. The number of thiazole rings is 2. The van der Waals surface area contributed by atoms with Gasteiger partial charge >= 0.3 is 0 Å². The molecule has 8 heteroatoms. The molecule has 6 nitrogen and oxygen atoms in total. The van der Waals surface area contributed by atoms with Crippen LogP contribution in [0.4, 0.5) is 5.13 Å². The molecule has 1 aliphatic rings. The van der Waals surface area contributed by atoms with Crippen LogP contribution in [0.15, 0.2) is 23.8 Å². The topological polar surface area (TPSA) is 80.7 Å². The molecule has 1 unspecified atom stereocenters. The Kier molecular flexibility index (Phi) is 4.54. The van der Waals surface area contributed by atoms with Crippen LogP contribution in [0.1, 0.15) is 40.8 Å². The molecule has 3 aromatic rings. The molecule has 1 N–H and O–H groups in total. The first-order chi connectivity index (χ1) is 12.2. The number of carbonyl (C=O) groups excluding carboxylic acids is 1. The number of aryl methyl sites for hydroxylation is 1. The van der Waals surface area contributed by atoms with Gasteiger partial charge in [-0.15, -0.1) is 22.7 Å². The van der Waals surface area contributed by atoms with E-state index in [1.54, 1.807) is 35.2 Å². The van der Waals surface area contributed by atoms with E-state index in [1.807, 2.05) is 0 Å². The average Bonchev–Trinajstić information content (AvgIpc) is 3.28. The zero-order valence-electron chi connectivity index (χ0n) is 13.7. The van der Waals surface area contributed by atoms with Crippen molar-refractivity contribution in [2.75, 3.05) is 5.32 Å². The Morgan fingerprint density at radius 2 is 2.16 bits per heavy atom. The lowest BCUT2D eigenvalue weighted by atomic mass is 9.89. The van der Waals surface area contributed by atoms with Crippen molar-refractivity contribution in [3.8, 4) is 10.8 Å². The van der Waals surface area contributed by atoms with Crippen molar-refractivity contribution in [2.45, 2.75) is 32.6 Å². The Morgan fingerprint density at radius 3 is 2.96 bits per heavy atom. The quantitative estimate of drug-likeness (QED) is 0.754. The molecule has 128 valence electrons. The third kappa shape index (κ3) is 3.45. The van der Waals surface area contributed by atoms with Crippen molar-refractivity contribution >= 4 is 33.7 Å². The molecule has 0 saturated heterocycles. The SMILES string of the molecule is CCC1CCc2nc(NC(=O)c3csc(-c4ncccn4)n3)sc2C1. The largest absolute Gasteiger partial charge is 0.296 e. The molecule has 3 heterocycles. The molecular weight excluding hydrogens is 354 g/mol. The fourth-order valence-electron chi connectivity index (χ4n) is 2.90. The van der Waals surface area contributed by atoms with Gasteiger partial charge in [-0.1, -0.05) is 13.3 Å². The standard InChI is InChI=1S/C17H17N5OS2/c1-2-10-4-5-11-13(8-10)25-17(21-11)22-15(23)12-9-24-16(20-12)14-18-6-3-7-19-14/h3,6-7,9-10H,2,4-5,8H2,1H3,(H,21,22,23). The minimum Gasteiger partial charge on any atom is -0.296 e. The summed E-state index contributed by atoms with van der Waals surface area (Å²) in [7, 11) is 0. The van der Waals surface area contributed by atoms with E-state index in [0.717, 1.165) is 24.5 Å². The third-order valence-corrected chi connectivity index (χ3v) is 6.21. The van der Waals surface area contributed by atoms with Crippen LogP contribution in [-0.2, 0) is 12.8 Å². The summed E-state index contributed by atoms with van der Waals surface area (Å²) in [4.78, 5) is 31.0. The van der Waals surface area contributed by atoms with Gasteiger partial charge in [-0.3, -0.25) is 10.1 Å². The fraction of sp³-hybridized carbons (Fsp3) is 0.353. The van der Waals surface area contributed by atoms with E-state index < -0.39 is 0 Å². The summed E-state index contributed by atoms with van der Waals surface area (Å²) in [6.45, 7) is 2.23. The fourth-order valence-corrected chi connectivity index (χ4v) is 4.76. The Bertz CT molecular complexity index is 890. The summed E-state index contributed by atoms with van der Waals surface area (Å²) in [6.07, 6.45) is 7.79. The first-order valence-electron chi connectivity index (χ1n) is 8.25. The van der Waals surface area contributed by atoms with Crippen LogP contribution in [0.3, 0.4) is 0 Å². The number of fused-ring (bicyclic) bond motifs is 1. The van der Waals surface area contributed by atoms with Gasteiger partial charge in [0.2, 0.25) is 0 Å². The average molecular weight is 371 g/mol. The molecule has 0 aliphatic heterocycles. The molecule has 4 rings (SSSR count). The maximum Gasteiger partial charge on any atom is 0.276 e. The van der Waals surface area contributed by atoms with Crippen molar-refractivity contribution in [3.05, 3.63) is 40.1 Å². The predicted octanol–water partition coefficient (Wildman–Crippen LogP) is 3.82. The summed E-state index contributed by atoms with van der Waals surface area (Å²) in [5.41, 5.74) is 1.51. The molecule has 25 heavy (non-hydrogen) atoms. The van der Waals surface area contributed by atoms with E-state index in [9.17, 15) is 4.79 Å². The zero-order chi connectivity index (χ0) is 17.2. The van der Waals surface area contributed by atoms with Crippen LogP contribution in [0.25, 0.3) is 10.8 Å². The zero-order valence-corrected chi connectivity index (χ0v) is 15.4. The number of hydrogen-bond acceptors (Lipinski definition) is 7. The number of carbonyl (C=O) groups is 1. The third-order valence-electron chi connectivity index (χ3n) is 4.33. The number of nitrogens with zero attached hydrogens (tertiary/aromatic N) is 4. The van der Waals surface area contributed by atoms with Gasteiger partial charge in [0.25, 0.3) is 5.91 Å². The van der Waals surface area contributed by atoms with Gasteiger partial charge in [-0.05, 0) is 31.2 Å². The Balaban J connectivity index is 1.48. The number of hydrogen-bond donors (Lipinski definition) is 1. The van der Waals surface area contributed by atoms with Crippen LogP contribution in [-0.4, -0.2) is 25.8 Å². The number of anilines is 1. The number of nitrogens with one attached hydrogen (secondary N) is 1. The molecule has 0 saturated carbocycles. The van der Waals surface area contributed by atoms with Crippen LogP contribution in [0.5, 0.6) is 0 Å². The first-order valence-corrected chi connectivity index (χ1v) is 9.95. The normalized spacial score (nSPS) is 16.4. The molecule has 1 atom stereocenters. The molecule has 0 spiro atoms. The number of amides is 1. The highest BCUT2D eigenvalue weighted by atomic mass is 32.1. The molecule has 0 radical (unpaired) electrons.